The maximum atomic E-state index is 13.0. The lowest BCUT2D eigenvalue weighted by Gasteiger charge is -2.38. The van der Waals surface area contributed by atoms with Gasteiger partial charge in [-0.3, -0.25) is 19.6 Å². The van der Waals surface area contributed by atoms with Gasteiger partial charge in [-0.25, -0.2) is 4.79 Å². The highest BCUT2D eigenvalue weighted by atomic mass is 19.3. The molecule has 1 atom stereocenters. The van der Waals surface area contributed by atoms with Crippen LogP contribution in [0.2, 0.25) is 0 Å². The van der Waals surface area contributed by atoms with Crippen LogP contribution in [0.4, 0.5) is 14.6 Å². The third-order valence-corrected chi connectivity index (χ3v) is 5.19. The van der Waals surface area contributed by atoms with E-state index in [0.717, 1.165) is 0 Å². The summed E-state index contributed by atoms with van der Waals surface area (Å²) >= 11 is 0. The molecule has 29 heavy (non-hydrogen) atoms. The molecule has 1 aromatic heterocycles. The lowest BCUT2D eigenvalue weighted by atomic mass is 9.69. The van der Waals surface area contributed by atoms with Crippen LogP contribution in [0.25, 0.3) is 0 Å². The predicted octanol–water partition coefficient (Wildman–Crippen LogP) is 2.87. The van der Waals surface area contributed by atoms with Gasteiger partial charge in [0.1, 0.15) is 11.6 Å². The molecule has 9 heteroatoms. The van der Waals surface area contributed by atoms with Crippen molar-refractivity contribution in [1.82, 2.24) is 9.97 Å². The Bertz CT molecular complexity index is 1130. The topological polar surface area (TPSA) is 104 Å². The maximum Gasteiger partial charge on any atom is 0.387 e. The normalized spacial score (nSPS) is 20.2. The number of nitrogens with one attached hydrogen (secondary N) is 3. The molecule has 7 nitrogen and oxygen atoms in total. The summed E-state index contributed by atoms with van der Waals surface area (Å²) in [7, 11) is 0. The number of H-pyrrole nitrogens is 2. The van der Waals surface area contributed by atoms with E-state index in [1.54, 1.807) is 12.1 Å². The molecule has 0 spiro atoms. The number of carbonyl (C=O) groups is 1. The summed E-state index contributed by atoms with van der Waals surface area (Å²) in [6, 6.07) is 5.81. The number of ether oxygens (including phenoxy) is 1. The van der Waals surface area contributed by atoms with E-state index in [2.05, 4.69) is 20.0 Å². The van der Waals surface area contributed by atoms with Gasteiger partial charge in [-0.15, -0.1) is 0 Å². The van der Waals surface area contributed by atoms with Gasteiger partial charge in [-0.05, 0) is 29.5 Å². The van der Waals surface area contributed by atoms with Crippen molar-refractivity contribution in [2.75, 3.05) is 5.32 Å². The fraction of sp³-hybridized carbons (Fsp3) is 0.350. The van der Waals surface area contributed by atoms with Crippen LogP contribution in [0, 0.1) is 5.41 Å². The van der Waals surface area contributed by atoms with Crippen LogP contribution in [-0.4, -0.2) is 22.4 Å². The molecule has 2 heterocycles. The van der Waals surface area contributed by atoms with Crippen molar-refractivity contribution in [3.63, 3.8) is 0 Å². The van der Waals surface area contributed by atoms with Crippen LogP contribution in [0.1, 0.15) is 43.7 Å². The molecule has 2 aromatic rings. The fourth-order valence-electron chi connectivity index (χ4n) is 4.12. The molecule has 1 aromatic carbocycles. The predicted molar refractivity (Wildman–Crippen MR) is 101 cm³/mol. The van der Waals surface area contributed by atoms with Crippen molar-refractivity contribution in [2.24, 2.45) is 5.41 Å². The zero-order valence-electron chi connectivity index (χ0n) is 15.8. The summed E-state index contributed by atoms with van der Waals surface area (Å²) < 4.78 is 29.3. The number of aromatic amines is 2. The first-order valence-electron chi connectivity index (χ1n) is 9.09. The molecular formula is C20H19F2N3O4. The van der Waals surface area contributed by atoms with Crippen molar-refractivity contribution in [3.05, 3.63) is 67.5 Å². The number of anilines is 1. The number of hydrogen-bond donors (Lipinski definition) is 3. The van der Waals surface area contributed by atoms with Gasteiger partial charge in [0.2, 0.25) is 0 Å². The number of benzene rings is 1. The highest BCUT2D eigenvalue weighted by molar-refractivity contribution is 6.01. The first-order valence-corrected chi connectivity index (χ1v) is 9.09. The van der Waals surface area contributed by atoms with Gasteiger partial charge in [-0.2, -0.15) is 8.78 Å². The number of allylic oxidation sites excluding steroid dienone is 2. The van der Waals surface area contributed by atoms with Crippen molar-refractivity contribution < 1.29 is 18.3 Å². The van der Waals surface area contributed by atoms with Crippen LogP contribution in [0.15, 0.2) is 45.1 Å². The highest BCUT2D eigenvalue weighted by Gasteiger charge is 2.42. The van der Waals surface area contributed by atoms with Crippen molar-refractivity contribution in [3.8, 4) is 5.75 Å². The maximum absolute atomic E-state index is 13.0. The minimum Gasteiger partial charge on any atom is -0.435 e. The second kappa shape index (κ2) is 6.68. The van der Waals surface area contributed by atoms with Crippen LogP contribution in [-0.2, 0) is 4.79 Å². The standard InChI is InChI=1S/C20H19F2N3O4/c1-20(2)7-11-14(12(26)8-20)13(9-3-5-10(6-4-9)29-18(21)22)15-16(23-11)24-19(28)25-17(15)27/h3-6,13,18H,7-8H2,1-2H3,(H3,23,24,25,27,28)/t13-/m1/s1. The van der Waals surface area contributed by atoms with Gasteiger partial charge in [0.15, 0.2) is 5.78 Å². The fourth-order valence-corrected chi connectivity index (χ4v) is 4.12. The molecule has 1 aliphatic heterocycles. The van der Waals surface area contributed by atoms with Crippen LogP contribution in [0.3, 0.4) is 0 Å². The summed E-state index contributed by atoms with van der Waals surface area (Å²) in [4.78, 5) is 42.2. The SMILES string of the molecule is CC1(C)CC(=O)C2=C(C1)Nc1[nH]c(=O)[nH]c(=O)c1[C@@H]2c1ccc(OC(F)F)cc1. The van der Waals surface area contributed by atoms with E-state index < -0.39 is 23.8 Å². The summed E-state index contributed by atoms with van der Waals surface area (Å²) in [6.45, 7) is 0.986. The monoisotopic (exact) mass is 403 g/mol. The van der Waals surface area contributed by atoms with Gasteiger partial charge in [0.25, 0.3) is 5.56 Å². The van der Waals surface area contributed by atoms with E-state index >= 15 is 0 Å². The summed E-state index contributed by atoms with van der Waals surface area (Å²) in [6.07, 6.45) is 0.874. The molecule has 0 bridgehead atoms. The molecule has 152 valence electrons. The molecule has 4 rings (SSSR count). The number of ketones is 1. The molecule has 0 saturated carbocycles. The molecule has 1 aliphatic carbocycles. The molecular weight excluding hydrogens is 384 g/mol. The Morgan fingerprint density at radius 2 is 1.76 bits per heavy atom. The first-order chi connectivity index (χ1) is 13.6. The molecule has 0 radical (unpaired) electrons. The van der Waals surface area contributed by atoms with Crippen molar-refractivity contribution in [2.45, 2.75) is 39.2 Å². The van der Waals surface area contributed by atoms with Gasteiger partial charge >= 0.3 is 12.3 Å². The largest absolute Gasteiger partial charge is 0.435 e. The number of hydrogen-bond acceptors (Lipinski definition) is 5. The van der Waals surface area contributed by atoms with Crippen LogP contribution < -0.4 is 21.3 Å². The Labute approximate surface area is 163 Å². The van der Waals surface area contributed by atoms with E-state index in [0.29, 0.717) is 29.7 Å². The van der Waals surface area contributed by atoms with Crippen LogP contribution >= 0.6 is 0 Å². The zero-order chi connectivity index (χ0) is 20.9. The van der Waals surface area contributed by atoms with Crippen LogP contribution in [0.5, 0.6) is 5.75 Å². The van der Waals surface area contributed by atoms with Gasteiger partial charge in [0, 0.05) is 23.6 Å². The third-order valence-electron chi connectivity index (χ3n) is 5.19. The number of carbonyl (C=O) groups excluding carboxylic acids is 1. The average molecular weight is 403 g/mol. The van der Waals surface area contributed by atoms with Crippen molar-refractivity contribution >= 4 is 11.6 Å². The van der Waals surface area contributed by atoms with E-state index in [1.165, 1.54) is 12.1 Å². The Kier molecular flexibility index (Phi) is 4.40. The van der Waals surface area contributed by atoms with E-state index in [4.69, 9.17) is 0 Å². The van der Waals surface area contributed by atoms with E-state index in [-0.39, 0.29) is 28.3 Å². The number of Topliss-reactive ketones (excluding diaryl/α,β-unsaturated/α-hetero) is 1. The molecule has 0 fully saturated rings. The molecule has 2 aliphatic rings. The van der Waals surface area contributed by atoms with E-state index in [9.17, 15) is 23.2 Å². The zero-order valence-corrected chi connectivity index (χ0v) is 15.8. The Balaban J connectivity index is 1.90. The number of fused-ring (bicyclic) bond motifs is 1. The number of rotatable bonds is 3. The average Bonchev–Trinajstić information content (AvgIpc) is 2.58. The lowest BCUT2D eigenvalue weighted by Crippen LogP contribution is -2.38. The minimum absolute atomic E-state index is 0.0291. The van der Waals surface area contributed by atoms with Crippen molar-refractivity contribution in [1.29, 1.82) is 0 Å². The van der Waals surface area contributed by atoms with Gasteiger partial charge in [-0.1, -0.05) is 26.0 Å². The smallest absolute Gasteiger partial charge is 0.387 e. The minimum atomic E-state index is -2.95. The molecule has 3 N–H and O–H groups in total. The first kappa shape index (κ1) is 19.1. The number of aromatic nitrogens is 2. The third kappa shape index (κ3) is 3.48. The highest BCUT2D eigenvalue weighted by Crippen LogP contribution is 2.47. The number of halogens is 2. The summed E-state index contributed by atoms with van der Waals surface area (Å²) in [5.74, 6) is -0.622. The molecule has 0 amide bonds. The second-order valence-electron chi connectivity index (χ2n) is 8.04. The van der Waals surface area contributed by atoms with Gasteiger partial charge < -0.3 is 10.1 Å². The number of alkyl halides is 2. The lowest BCUT2D eigenvalue weighted by molar-refractivity contribution is -0.118. The molecule has 0 saturated heterocycles. The summed E-state index contributed by atoms with van der Waals surface area (Å²) in [5, 5.41) is 3.06. The Morgan fingerprint density at radius 3 is 2.41 bits per heavy atom. The van der Waals surface area contributed by atoms with Gasteiger partial charge in [0.05, 0.1) is 5.56 Å². The summed E-state index contributed by atoms with van der Waals surface area (Å²) in [5.41, 5.74) is 0.326. The Morgan fingerprint density at radius 1 is 1.07 bits per heavy atom. The quantitative estimate of drug-likeness (QED) is 0.731. The van der Waals surface area contributed by atoms with E-state index in [1.807, 2.05) is 13.8 Å². The second-order valence-corrected chi connectivity index (χ2v) is 8.04. The molecule has 0 unspecified atom stereocenters. The Hall–Kier alpha value is -3.23.